The van der Waals surface area contributed by atoms with E-state index in [9.17, 15) is 24.4 Å². The molecule has 1 aromatic carbocycles. The molecule has 0 radical (unpaired) electrons. The van der Waals surface area contributed by atoms with Crippen molar-refractivity contribution in [3.8, 4) is 0 Å². The van der Waals surface area contributed by atoms with Crippen molar-refractivity contribution in [2.24, 2.45) is 5.92 Å². The highest BCUT2D eigenvalue weighted by Gasteiger charge is 2.49. The minimum absolute atomic E-state index is 0.0172. The van der Waals surface area contributed by atoms with Crippen LogP contribution in [0.2, 0.25) is 0 Å². The van der Waals surface area contributed by atoms with Crippen molar-refractivity contribution in [2.45, 2.75) is 44.5 Å². The number of hydrogen-bond acceptors (Lipinski definition) is 7. The normalized spacial score (nSPS) is 24.3. The molecule has 178 valence electrons. The molecule has 3 atom stereocenters. The van der Waals surface area contributed by atoms with Gasteiger partial charge in [-0.3, -0.25) is 19.7 Å². The number of nitrogens with zero attached hydrogens (tertiary/aromatic N) is 3. The maximum atomic E-state index is 13.6. The van der Waals surface area contributed by atoms with Crippen LogP contribution in [0.5, 0.6) is 0 Å². The van der Waals surface area contributed by atoms with Gasteiger partial charge in [-0.1, -0.05) is 24.3 Å². The molecule has 3 heterocycles. The first-order valence-corrected chi connectivity index (χ1v) is 11.0. The lowest BCUT2D eigenvalue weighted by atomic mass is 9.86. The summed E-state index contributed by atoms with van der Waals surface area (Å²) in [5.74, 6) is -2.40. The molecule has 4 rings (SSSR count). The van der Waals surface area contributed by atoms with Crippen LogP contribution in [-0.2, 0) is 32.2 Å². The summed E-state index contributed by atoms with van der Waals surface area (Å²) in [6.45, 7) is 1.77. The van der Waals surface area contributed by atoms with Gasteiger partial charge in [0.05, 0.1) is 19.6 Å². The van der Waals surface area contributed by atoms with Gasteiger partial charge in [0.1, 0.15) is 12.1 Å². The third-order valence-corrected chi connectivity index (χ3v) is 6.53. The Morgan fingerprint density at radius 3 is 2.21 bits per heavy atom. The second kappa shape index (κ2) is 9.65. The molecule has 2 fully saturated rings. The molecule has 0 saturated carbocycles. The van der Waals surface area contributed by atoms with Gasteiger partial charge >= 0.3 is 12.2 Å². The third kappa shape index (κ3) is 4.58. The maximum Gasteiger partial charge on any atom is 0.410 e. The van der Waals surface area contributed by atoms with E-state index in [2.05, 4.69) is 0 Å². The smallest absolute Gasteiger partial charge is 0.410 e. The summed E-state index contributed by atoms with van der Waals surface area (Å²) in [7, 11) is 1.18. The summed E-state index contributed by atoms with van der Waals surface area (Å²) in [6, 6.07) is 6.41. The van der Waals surface area contributed by atoms with Crippen LogP contribution < -0.4 is 5.48 Å². The monoisotopic (exact) mass is 460 g/mol. The first-order valence-electron chi connectivity index (χ1n) is 11.0. The number of amides is 4. The SMILES string of the molecule is COC(=O)N1C[C@@H](OC(=O)N2CCCC2)C[C@H](C(=O)NO)[C@H]1C(=O)N1Cc2ccccc2C1. The summed E-state index contributed by atoms with van der Waals surface area (Å²) in [5, 5.41) is 9.34. The van der Waals surface area contributed by atoms with E-state index in [0.29, 0.717) is 26.2 Å². The number of hydrogen-bond donors (Lipinski definition) is 2. The lowest BCUT2D eigenvalue weighted by molar-refractivity contribution is -0.152. The fourth-order valence-corrected chi connectivity index (χ4v) is 4.86. The number of likely N-dealkylation sites (tertiary alicyclic amines) is 2. The molecule has 0 aromatic heterocycles. The second-order valence-corrected chi connectivity index (χ2v) is 8.55. The molecule has 2 saturated heterocycles. The Hall–Kier alpha value is -3.34. The van der Waals surface area contributed by atoms with E-state index in [0.717, 1.165) is 28.9 Å². The van der Waals surface area contributed by atoms with E-state index in [1.807, 2.05) is 24.3 Å². The maximum absolute atomic E-state index is 13.6. The van der Waals surface area contributed by atoms with Gasteiger partial charge in [0.15, 0.2) is 0 Å². The molecule has 0 aliphatic carbocycles. The summed E-state index contributed by atoms with van der Waals surface area (Å²) in [4.78, 5) is 55.6. The number of carbonyl (C=O) groups is 4. The average molecular weight is 460 g/mol. The first kappa shape index (κ1) is 22.8. The number of nitrogens with one attached hydrogen (secondary N) is 1. The van der Waals surface area contributed by atoms with Gasteiger partial charge < -0.3 is 19.3 Å². The zero-order valence-corrected chi connectivity index (χ0v) is 18.4. The predicted molar refractivity (Wildman–Crippen MR) is 113 cm³/mol. The predicted octanol–water partition coefficient (Wildman–Crippen LogP) is 1.09. The number of piperidine rings is 1. The van der Waals surface area contributed by atoms with Crippen LogP contribution in [0.3, 0.4) is 0 Å². The molecule has 11 heteroatoms. The molecule has 2 N–H and O–H groups in total. The van der Waals surface area contributed by atoms with Crippen LogP contribution in [0.15, 0.2) is 24.3 Å². The molecule has 3 aliphatic rings. The van der Waals surface area contributed by atoms with Gasteiger partial charge in [-0.2, -0.15) is 0 Å². The average Bonchev–Trinajstić information content (AvgIpc) is 3.52. The Labute approximate surface area is 191 Å². The molecule has 33 heavy (non-hydrogen) atoms. The van der Waals surface area contributed by atoms with Gasteiger partial charge in [0.2, 0.25) is 11.8 Å². The Balaban J connectivity index is 1.57. The number of hydroxylamine groups is 1. The summed E-state index contributed by atoms with van der Waals surface area (Å²) >= 11 is 0. The van der Waals surface area contributed by atoms with Crippen molar-refractivity contribution in [3.05, 3.63) is 35.4 Å². The number of carbonyl (C=O) groups excluding carboxylic acids is 4. The van der Waals surface area contributed by atoms with Crippen LogP contribution in [0.4, 0.5) is 9.59 Å². The number of methoxy groups -OCH3 is 1. The van der Waals surface area contributed by atoms with Gasteiger partial charge in [-0.15, -0.1) is 0 Å². The van der Waals surface area contributed by atoms with Gasteiger partial charge in [0.25, 0.3) is 0 Å². The highest BCUT2D eigenvalue weighted by molar-refractivity contribution is 5.93. The number of ether oxygens (including phenoxy) is 2. The molecule has 3 aliphatic heterocycles. The molecular formula is C22H28N4O7. The topological polar surface area (TPSA) is 129 Å². The van der Waals surface area contributed by atoms with Crippen molar-refractivity contribution >= 4 is 24.0 Å². The molecule has 0 unspecified atom stereocenters. The number of fused-ring (bicyclic) bond motifs is 1. The molecule has 0 spiro atoms. The zero-order chi connectivity index (χ0) is 23.5. The summed E-state index contributed by atoms with van der Waals surface area (Å²) < 4.78 is 10.5. The van der Waals surface area contributed by atoms with E-state index in [1.54, 1.807) is 15.3 Å². The Morgan fingerprint density at radius 1 is 1.00 bits per heavy atom. The minimum atomic E-state index is -1.21. The second-order valence-electron chi connectivity index (χ2n) is 8.55. The van der Waals surface area contributed by atoms with Gasteiger partial charge in [-0.05, 0) is 24.0 Å². The van der Waals surface area contributed by atoms with E-state index < -0.39 is 42.1 Å². The minimum Gasteiger partial charge on any atom is -0.453 e. The van der Waals surface area contributed by atoms with Crippen molar-refractivity contribution in [1.82, 2.24) is 20.2 Å². The van der Waals surface area contributed by atoms with Crippen molar-refractivity contribution in [2.75, 3.05) is 26.7 Å². The number of benzene rings is 1. The lowest BCUT2D eigenvalue weighted by Crippen LogP contribution is -2.62. The summed E-state index contributed by atoms with van der Waals surface area (Å²) in [6.07, 6.45) is -0.416. The van der Waals surface area contributed by atoms with E-state index in [1.165, 1.54) is 7.11 Å². The molecular weight excluding hydrogens is 432 g/mol. The fraction of sp³-hybridized carbons (Fsp3) is 0.545. The first-order chi connectivity index (χ1) is 15.9. The van der Waals surface area contributed by atoms with Crippen LogP contribution in [0.25, 0.3) is 0 Å². The molecule has 4 amide bonds. The Kier molecular flexibility index (Phi) is 6.68. The quantitative estimate of drug-likeness (QED) is 0.510. The molecule has 1 aromatic rings. The van der Waals surface area contributed by atoms with Crippen LogP contribution in [-0.4, -0.2) is 82.8 Å². The Morgan fingerprint density at radius 2 is 1.64 bits per heavy atom. The van der Waals surface area contributed by atoms with Crippen LogP contribution in [0, 0.1) is 5.92 Å². The highest BCUT2D eigenvalue weighted by Crippen LogP contribution is 2.31. The van der Waals surface area contributed by atoms with E-state index in [4.69, 9.17) is 9.47 Å². The van der Waals surface area contributed by atoms with Crippen molar-refractivity contribution in [1.29, 1.82) is 0 Å². The largest absolute Gasteiger partial charge is 0.453 e. The van der Waals surface area contributed by atoms with Gasteiger partial charge in [-0.25, -0.2) is 15.1 Å². The summed E-state index contributed by atoms with van der Waals surface area (Å²) in [5.41, 5.74) is 3.58. The van der Waals surface area contributed by atoms with E-state index >= 15 is 0 Å². The van der Waals surface area contributed by atoms with Gasteiger partial charge in [0, 0.05) is 32.6 Å². The lowest BCUT2D eigenvalue weighted by Gasteiger charge is -2.42. The van der Waals surface area contributed by atoms with E-state index in [-0.39, 0.29) is 13.0 Å². The van der Waals surface area contributed by atoms with Crippen molar-refractivity contribution in [3.63, 3.8) is 0 Å². The Bertz CT molecular complexity index is 882. The highest BCUT2D eigenvalue weighted by atomic mass is 16.6. The fourth-order valence-electron chi connectivity index (χ4n) is 4.86. The molecule has 11 nitrogen and oxygen atoms in total. The third-order valence-electron chi connectivity index (χ3n) is 6.53. The standard InChI is InChI=1S/C22H28N4O7/c1-32-22(30)26-13-16(33-21(29)24-8-4-5-9-24)10-17(19(27)23-31)18(26)20(28)25-11-14-6-2-3-7-15(14)12-25/h2-3,6-7,16-18,31H,4-5,8-13H2,1H3,(H,23,27)/t16-,17-,18-/m0/s1. The zero-order valence-electron chi connectivity index (χ0n) is 18.4. The van der Waals surface area contributed by atoms with Crippen LogP contribution >= 0.6 is 0 Å². The molecule has 0 bridgehead atoms. The van der Waals surface area contributed by atoms with Crippen molar-refractivity contribution < 1.29 is 33.9 Å². The van der Waals surface area contributed by atoms with Crippen LogP contribution in [0.1, 0.15) is 30.4 Å². The number of rotatable bonds is 3.